The third kappa shape index (κ3) is 7.02. The maximum absolute atomic E-state index is 4.74. The van der Waals surface area contributed by atoms with Gasteiger partial charge in [-0.3, -0.25) is 4.90 Å². The van der Waals surface area contributed by atoms with Crippen molar-refractivity contribution in [2.45, 2.75) is 72.5 Å². The molecule has 25 heavy (non-hydrogen) atoms. The minimum Gasteiger partial charge on any atom is -0.357 e. The van der Waals surface area contributed by atoms with Crippen LogP contribution < -0.4 is 10.6 Å². The Morgan fingerprint density at radius 2 is 2.12 bits per heavy atom. The van der Waals surface area contributed by atoms with Crippen molar-refractivity contribution < 1.29 is 0 Å². The number of halogens is 1. The van der Waals surface area contributed by atoms with Crippen LogP contribution in [0.15, 0.2) is 4.99 Å². The number of aliphatic imine (C=N–C) groups is 1. The van der Waals surface area contributed by atoms with E-state index in [9.17, 15) is 0 Å². The van der Waals surface area contributed by atoms with Crippen LogP contribution in [-0.2, 0) is 6.54 Å². The summed E-state index contributed by atoms with van der Waals surface area (Å²) in [7, 11) is 0. The summed E-state index contributed by atoms with van der Waals surface area (Å²) in [5.74, 6) is 0.902. The van der Waals surface area contributed by atoms with Crippen LogP contribution in [0.5, 0.6) is 0 Å². The molecule has 2 rings (SSSR count). The number of piperidine rings is 1. The third-order valence-corrected chi connectivity index (χ3v) is 5.77. The topological polar surface area (TPSA) is 52.6 Å². The summed E-state index contributed by atoms with van der Waals surface area (Å²) in [6.45, 7) is 14.6. The molecule has 1 saturated heterocycles. The molecule has 0 amide bonds. The highest BCUT2D eigenvalue weighted by atomic mass is 127. The molecule has 144 valence electrons. The van der Waals surface area contributed by atoms with E-state index in [2.05, 4.69) is 55.1 Å². The number of aryl methyl sites for hydroxylation is 2. The second-order valence-electron chi connectivity index (χ2n) is 6.75. The molecular weight excluding hydrogens is 445 g/mol. The highest BCUT2D eigenvalue weighted by molar-refractivity contribution is 14.0. The molecule has 1 aliphatic rings. The Morgan fingerprint density at radius 3 is 2.72 bits per heavy atom. The molecule has 2 N–H and O–H groups in total. The molecule has 1 aromatic heterocycles. The van der Waals surface area contributed by atoms with Gasteiger partial charge in [-0.15, -0.1) is 35.3 Å². The van der Waals surface area contributed by atoms with Gasteiger partial charge in [-0.05, 0) is 54.0 Å². The van der Waals surface area contributed by atoms with Crippen LogP contribution in [-0.4, -0.2) is 47.6 Å². The Bertz CT molecular complexity index is 546. The third-order valence-electron chi connectivity index (χ3n) is 4.71. The lowest BCUT2D eigenvalue weighted by Crippen LogP contribution is -2.50. The molecule has 7 heteroatoms. The zero-order valence-corrected chi connectivity index (χ0v) is 19.4. The number of nitrogens with zero attached hydrogens (tertiary/aromatic N) is 3. The van der Waals surface area contributed by atoms with E-state index in [1.807, 2.05) is 0 Å². The summed E-state index contributed by atoms with van der Waals surface area (Å²) in [5, 5.41) is 7.98. The maximum Gasteiger partial charge on any atom is 0.191 e. The number of hydrogen-bond donors (Lipinski definition) is 2. The number of likely N-dealkylation sites (tertiary alicyclic amines) is 1. The Kier molecular flexibility index (Phi) is 10.3. The molecule has 0 aliphatic carbocycles. The van der Waals surface area contributed by atoms with Gasteiger partial charge in [0.1, 0.15) is 0 Å². The quantitative estimate of drug-likeness (QED) is 0.371. The zero-order chi connectivity index (χ0) is 17.5. The molecule has 2 heterocycles. The van der Waals surface area contributed by atoms with E-state index in [4.69, 9.17) is 4.99 Å². The fraction of sp³-hybridized carbons (Fsp3) is 0.778. The van der Waals surface area contributed by atoms with Gasteiger partial charge in [0.05, 0.1) is 17.2 Å². The molecular formula is C18H34IN5S. The predicted molar refractivity (Wildman–Crippen MR) is 119 cm³/mol. The average molecular weight is 479 g/mol. The van der Waals surface area contributed by atoms with Crippen molar-refractivity contribution in [3.8, 4) is 0 Å². The second-order valence-corrected chi connectivity index (χ2v) is 8.04. The molecule has 0 radical (unpaired) electrons. The van der Waals surface area contributed by atoms with Gasteiger partial charge in [-0.2, -0.15) is 0 Å². The summed E-state index contributed by atoms with van der Waals surface area (Å²) < 4.78 is 0. The van der Waals surface area contributed by atoms with Gasteiger partial charge >= 0.3 is 0 Å². The number of thiazole rings is 1. The second kappa shape index (κ2) is 11.3. The van der Waals surface area contributed by atoms with Crippen molar-refractivity contribution in [1.82, 2.24) is 20.5 Å². The zero-order valence-electron chi connectivity index (χ0n) is 16.3. The fourth-order valence-electron chi connectivity index (χ4n) is 3.35. The van der Waals surface area contributed by atoms with E-state index < -0.39 is 0 Å². The van der Waals surface area contributed by atoms with E-state index in [-0.39, 0.29) is 24.0 Å². The Morgan fingerprint density at radius 1 is 1.36 bits per heavy atom. The number of nitrogens with one attached hydrogen (secondary N) is 2. The van der Waals surface area contributed by atoms with Gasteiger partial charge in [0.25, 0.3) is 0 Å². The van der Waals surface area contributed by atoms with Crippen LogP contribution in [0.4, 0.5) is 0 Å². The standard InChI is InChI=1S/C18H33N5S.HI/c1-6-19-18(21-12-17-15(4)22-16(5)24-17)20-11-14(3)23-10-8-7-9-13(23)2;/h13-14H,6-12H2,1-5H3,(H2,19,20,21);1H. The summed E-state index contributed by atoms with van der Waals surface area (Å²) in [6.07, 6.45) is 4.02. The van der Waals surface area contributed by atoms with Crippen molar-refractivity contribution in [2.24, 2.45) is 4.99 Å². The normalized spacial score (nSPS) is 20.0. The van der Waals surface area contributed by atoms with Crippen molar-refractivity contribution >= 4 is 41.3 Å². The number of hydrogen-bond acceptors (Lipinski definition) is 4. The van der Waals surface area contributed by atoms with Crippen molar-refractivity contribution in [2.75, 3.05) is 19.6 Å². The largest absolute Gasteiger partial charge is 0.357 e. The van der Waals surface area contributed by atoms with E-state index in [0.29, 0.717) is 18.6 Å². The van der Waals surface area contributed by atoms with Crippen LogP contribution >= 0.6 is 35.3 Å². The smallest absolute Gasteiger partial charge is 0.191 e. The SMILES string of the molecule is CCNC(=NCc1sc(C)nc1C)NCC(C)N1CCCCC1C.I. The lowest BCUT2D eigenvalue weighted by atomic mass is 10.0. The van der Waals surface area contributed by atoms with Gasteiger partial charge in [-0.1, -0.05) is 6.42 Å². The van der Waals surface area contributed by atoms with Gasteiger partial charge in [-0.25, -0.2) is 9.98 Å². The van der Waals surface area contributed by atoms with Crippen molar-refractivity contribution in [3.05, 3.63) is 15.6 Å². The molecule has 2 atom stereocenters. The van der Waals surface area contributed by atoms with E-state index >= 15 is 0 Å². The van der Waals surface area contributed by atoms with Crippen LogP contribution in [0, 0.1) is 13.8 Å². The lowest BCUT2D eigenvalue weighted by molar-refractivity contribution is 0.115. The first-order valence-corrected chi connectivity index (χ1v) is 10.0. The van der Waals surface area contributed by atoms with Crippen LogP contribution in [0.2, 0.25) is 0 Å². The summed E-state index contributed by atoms with van der Waals surface area (Å²) >= 11 is 1.74. The van der Waals surface area contributed by atoms with Crippen molar-refractivity contribution in [3.63, 3.8) is 0 Å². The first-order valence-electron chi connectivity index (χ1n) is 9.22. The molecule has 0 bridgehead atoms. The first kappa shape index (κ1) is 22.6. The number of rotatable bonds is 6. The van der Waals surface area contributed by atoms with Gasteiger partial charge in [0.15, 0.2) is 5.96 Å². The molecule has 0 spiro atoms. The molecule has 0 saturated carbocycles. The van der Waals surface area contributed by atoms with E-state index in [1.54, 1.807) is 11.3 Å². The summed E-state index contributed by atoms with van der Waals surface area (Å²) in [4.78, 5) is 13.1. The summed E-state index contributed by atoms with van der Waals surface area (Å²) in [6, 6.07) is 1.22. The molecule has 1 aromatic rings. The van der Waals surface area contributed by atoms with Gasteiger partial charge in [0, 0.05) is 30.1 Å². The first-order chi connectivity index (χ1) is 11.5. The van der Waals surface area contributed by atoms with E-state index in [0.717, 1.165) is 29.8 Å². The van der Waals surface area contributed by atoms with Gasteiger partial charge in [0.2, 0.25) is 0 Å². The molecule has 1 fully saturated rings. The monoisotopic (exact) mass is 479 g/mol. The maximum atomic E-state index is 4.74. The van der Waals surface area contributed by atoms with Crippen LogP contribution in [0.3, 0.4) is 0 Å². The predicted octanol–water partition coefficient (Wildman–Crippen LogP) is 3.70. The Labute approximate surface area is 174 Å². The average Bonchev–Trinajstić information content (AvgIpc) is 2.88. The minimum absolute atomic E-state index is 0. The number of guanidine groups is 1. The molecule has 0 aromatic carbocycles. The Balaban J connectivity index is 0.00000312. The lowest BCUT2D eigenvalue weighted by Gasteiger charge is -2.38. The molecule has 1 aliphatic heterocycles. The van der Waals surface area contributed by atoms with E-state index in [1.165, 1.54) is 30.7 Å². The molecule has 2 unspecified atom stereocenters. The van der Waals surface area contributed by atoms with Gasteiger partial charge < -0.3 is 10.6 Å². The highest BCUT2D eigenvalue weighted by Crippen LogP contribution is 2.19. The summed E-state index contributed by atoms with van der Waals surface area (Å²) in [5.41, 5.74) is 1.10. The van der Waals surface area contributed by atoms with Crippen LogP contribution in [0.1, 0.15) is 55.6 Å². The van der Waals surface area contributed by atoms with Crippen molar-refractivity contribution in [1.29, 1.82) is 0 Å². The van der Waals surface area contributed by atoms with Crippen LogP contribution in [0.25, 0.3) is 0 Å². The fourth-order valence-corrected chi connectivity index (χ4v) is 4.21. The molecule has 5 nitrogen and oxygen atoms in total. The Hall–Kier alpha value is -0.410. The highest BCUT2D eigenvalue weighted by Gasteiger charge is 2.22. The minimum atomic E-state index is 0. The number of aromatic nitrogens is 1.